The van der Waals surface area contributed by atoms with Gasteiger partial charge in [0.1, 0.15) is 0 Å². The highest BCUT2D eigenvalue weighted by atomic mass is 35.5. The summed E-state index contributed by atoms with van der Waals surface area (Å²) in [5, 5.41) is 9.48. The molecule has 0 aliphatic carbocycles. The molecule has 5 heteroatoms. The van der Waals surface area contributed by atoms with E-state index in [1.807, 2.05) is 24.4 Å². The van der Waals surface area contributed by atoms with E-state index in [1.54, 1.807) is 0 Å². The Bertz CT molecular complexity index is 1460. The summed E-state index contributed by atoms with van der Waals surface area (Å²) in [7, 11) is 0. The summed E-state index contributed by atoms with van der Waals surface area (Å²) in [4.78, 5) is 0. The van der Waals surface area contributed by atoms with E-state index in [0.29, 0.717) is 16.6 Å². The highest BCUT2D eigenvalue weighted by Gasteiger charge is 2.14. The van der Waals surface area contributed by atoms with Crippen LogP contribution in [0.5, 0.6) is 0 Å². The Morgan fingerprint density at radius 1 is 0.818 bits per heavy atom. The van der Waals surface area contributed by atoms with Crippen molar-refractivity contribution in [3.05, 3.63) is 117 Å². The number of hydrogen-bond acceptors (Lipinski definition) is 2. The van der Waals surface area contributed by atoms with Crippen LogP contribution in [0.25, 0.3) is 21.7 Å². The fraction of sp³-hybridized carbons (Fsp3) is 0.107. The second-order valence-electron chi connectivity index (χ2n) is 8.03. The second kappa shape index (κ2) is 9.30. The van der Waals surface area contributed by atoms with Crippen molar-refractivity contribution in [2.45, 2.75) is 20.0 Å². The summed E-state index contributed by atoms with van der Waals surface area (Å²) in [5.41, 5.74) is 8.70. The zero-order valence-corrected chi connectivity index (χ0v) is 19.7. The first-order valence-electron chi connectivity index (χ1n) is 10.9. The van der Waals surface area contributed by atoms with Gasteiger partial charge in [-0.25, -0.2) is 0 Å². The zero-order chi connectivity index (χ0) is 22.8. The molecule has 0 atom stereocenters. The SMILES string of the molecule is Cc1c(/C=N\NCc2c(Cl)cccc2Cl)c2ccccc2n1Cc1cccc2ccccc12. The standard InChI is InChI=1S/C28H23Cl2N3/c1-19-24(16-31-32-17-25-26(29)13-7-14-27(25)30)23-12-4-5-15-28(23)33(19)18-21-10-6-9-20-8-2-3-11-22(20)21/h2-16,32H,17-18H2,1H3/b31-16-. The Labute approximate surface area is 203 Å². The minimum absolute atomic E-state index is 0.461. The first-order chi connectivity index (χ1) is 16.1. The predicted octanol–water partition coefficient (Wildman–Crippen LogP) is 7.58. The molecule has 0 bridgehead atoms. The monoisotopic (exact) mass is 471 g/mol. The van der Waals surface area contributed by atoms with E-state index in [0.717, 1.165) is 17.7 Å². The van der Waals surface area contributed by atoms with Gasteiger partial charge >= 0.3 is 0 Å². The maximum Gasteiger partial charge on any atom is 0.0609 e. The number of hydrogen-bond donors (Lipinski definition) is 1. The third-order valence-electron chi connectivity index (χ3n) is 6.09. The molecule has 5 rings (SSSR count). The Kier molecular flexibility index (Phi) is 6.08. The van der Waals surface area contributed by atoms with Crippen molar-refractivity contribution >= 4 is 51.1 Å². The molecule has 1 heterocycles. The molecule has 5 aromatic rings. The second-order valence-corrected chi connectivity index (χ2v) is 8.85. The number of nitrogens with one attached hydrogen (secondary N) is 1. The average molecular weight is 472 g/mol. The van der Waals surface area contributed by atoms with E-state index >= 15 is 0 Å². The molecular formula is C28H23Cl2N3. The van der Waals surface area contributed by atoms with E-state index < -0.39 is 0 Å². The van der Waals surface area contributed by atoms with Crippen molar-refractivity contribution in [2.75, 3.05) is 0 Å². The number of hydrazone groups is 1. The van der Waals surface area contributed by atoms with Gasteiger partial charge in [-0.2, -0.15) is 5.10 Å². The van der Waals surface area contributed by atoms with Gasteiger partial charge in [-0.1, -0.05) is 89.9 Å². The number of aromatic nitrogens is 1. The maximum absolute atomic E-state index is 6.27. The first kappa shape index (κ1) is 21.6. The normalized spacial score (nSPS) is 11.6. The highest BCUT2D eigenvalue weighted by molar-refractivity contribution is 6.35. The summed E-state index contributed by atoms with van der Waals surface area (Å²) >= 11 is 12.5. The highest BCUT2D eigenvalue weighted by Crippen LogP contribution is 2.28. The Balaban J connectivity index is 1.47. The lowest BCUT2D eigenvalue weighted by Gasteiger charge is -2.11. The minimum Gasteiger partial charge on any atom is -0.340 e. The number of para-hydroxylation sites is 1. The third kappa shape index (κ3) is 4.22. The van der Waals surface area contributed by atoms with Crippen molar-refractivity contribution in [3.63, 3.8) is 0 Å². The molecule has 0 spiro atoms. The molecule has 164 valence electrons. The lowest BCUT2D eigenvalue weighted by Crippen LogP contribution is -2.07. The molecule has 33 heavy (non-hydrogen) atoms. The van der Waals surface area contributed by atoms with Crippen LogP contribution in [0.1, 0.15) is 22.4 Å². The number of halogens is 2. The lowest BCUT2D eigenvalue weighted by atomic mass is 10.0. The van der Waals surface area contributed by atoms with Crippen LogP contribution >= 0.6 is 23.2 Å². The summed E-state index contributed by atoms with van der Waals surface area (Å²) in [5.74, 6) is 0. The predicted molar refractivity (Wildman–Crippen MR) is 141 cm³/mol. The molecule has 1 aromatic heterocycles. The van der Waals surface area contributed by atoms with Crippen molar-refractivity contribution in [3.8, 4) is 0 Å². The van der Waals surface area contributed by atoms with Crippen molar-refractivity contribution in [1.82, 2.24) is 9.99 Å². The molecule has 1 N–H and O–H groups in total. The van der Waals surface area contributed by atoms with Crippen molar-refractivity contribution in [2.24, 2.45) is 5.10 Å². The molecule has 0 radical (unpaired) electrons. The van der Waals surface area contributed by atoms with Crippen LogP contribution in [0, 0.1) is 6.92 Å². The van der Waals surface area contributed by atoms with Crippen LogP contribution in [0.15, 0.2) is 90.0 Å². The van der Waals surface area contributed by atoms with E-state index in [1.165, 1.54) is 32.9 Å². The zero-order valence-electron chi connectivity index (χ0n) is 18.2. The van der Waals surface area contributed by atoms with Gasteiger partial charge in [-0.05, 0) is 41.5 Å². The molecule has 0 fully saturated rings. The van der Waals surface area contributed by atoms with Gasteiger partial charge in [-0.15, -0.1) is 0 Å². The van der Waals surface area contributed by atoms with Crippen LogP contribution in [-0.2, 0) is 13.1 Å². The third-order valence-corrected chi connectivity index (χ3v) is 6.80. The first-order valence-corrected chi connectivity index (χ1v) is 11.6. The number of benzene rings is 4. The minimum atomic E-state index is 0.461. The molecule has 3 nitrogen and oxygen atoms in total. The fourth-order valence-electron chi connectivity index (χ4n) is 4.36. The number of fused-ring (bicyclic) bond motifs is 2. The largest absolute Gasteiger partial charge is 0.340 e. The number of nitrogens with zero attached hydrogens (tertiary/aromatic N) is 2. The molecule has 4 aromatic carbocycles. The molecule has 0 amide bonds. The van der Waals surface area contributed by atoms with Gasteiger partial charge in [-0.3, -0.25) is 0 Å². The van der Waals surface area contributed by atoms with E-state index in [2.05, 4.69) is 88.7 Å². The van der Waals surface area contributed by atoms with Crippen molar-refractivity contribution < 1.29 is 0 Å². The van der Waals surface area contributed by atoms with Gasteiger partial charge < -0.3 is 9.99 Å². The number of rotatable bonds is 6. The average Bonchev–Trinajstić information content (AvgIpc) is 3.09. The molecular weight excluding hydrogens is 449 g/mol. The van der Waals surface area contributed by atoms with Gasteiger partial charge in [0, 0.05) is 44.3 Å². The van der Waals surface area contributed by atoms with E-state index in [-0.39, 0.29) is 0 Å². The summed E-state index contributed by atoms with van der Waals surface area (Å²) in [6.07, 6.45) is 1.89. The van der Waals surface area contributed by atoms with Gasteiger partial charge in [0.25, 0.3) is 0 Å². The molecule has 0 unspecified atom stereocenters. The van der Waals surface area contributed by atoms with Crippen LogP contribution < -0.4 is 5.43 Å². The van der Waals surface area contributed by atoms with Gasteiger partial charge in [0.05, 0.1) is 12.8 Å². The summed E-state index contributed by atoms with van der Waals surface area (Å²) in [6.45, 7) is 3.41. The topological polar surface area (TPSA) is 29.3 Å². The van der Waals surface area contributed by atoms with Gasteiger partial charge in [0.15, 0.2) is 0 Å². The van der Waals surface area contributed by atoms with E-state index in [4.69, 9.17) is 23.2 Å². The smallest absolute Gasteiger partial charge is 0.0609 e. The summed E-state index contributed by atoms with van der Waals surface area (Å²) < 4.78 is 2.36. The summed E-state index contributed by atoms with van der Waals surface area (Å²) in [6, 6.07) is 29.0. The molecule has 0 saturated carbocycles. The maximum atomic E-state index is 6.27. The molecule has 0 aliphatic heterocycles. The van der Waals surface area contributed by atoms with Crippen LogP contribution in [-0.4, -0.2) is 10.8 Å². The Hall–Kier alpha value is -3.27. The fourth-order valence-corrected chi connectivity index (χ4v) is 4.89. The lowest BCUT2D eigenvalue weighted by molar-refractivity contribution is 0.748. The molecule has 0 saturated heterocycles. The van der Waals surface area contributed by atoms with Crippen LogP contribution in [0.2, 0.25) is 10.0 Å². The van der Waals surface area contributed by atoms with Crippen molar-refractivity contribution in [1.29, 1.82) is 0 Å². The van der Waals surface area contributed by atoms with Crippen LogP contribution in [0.3, 0.4) is 0 Å². The quantitative estimate of drug-likeness (QED) is 0.200. The Morgan fingerprint density at radius 3 is 2.30 bits per heavy atom. The van der Waals surface area contributed by atoms with Crippen LogP contribution in [0.4, 0.5) is 0 Å². The Morgan fingerprint density at radius 2 is 1.48 bits per heavy atom. The van der Waals surface area contributed by atoms with E-state index in [9.17, 15) is 0 Å². The molecule has 0 aliphatic rings. The van der Waals surface area contributed by atoms with Gasteiger partial charge in [0.2, 0.25) is 0 Å².